The van der Waals surface area contributed by atoms with Gasteiger partial charge in [-0.2, -0.15) is 0 Å². The molecule has 2 aromatic heterocycles. The smallest absolute Gasteiger partial charge is 0.207 e. The fourth-order valence-electron chi connectivity index (χ4n) is 1.11. The first-order valence-electron chi connectivity index (χ1n) is 4.49. The van der Waals surface area contributed by atoms with Gasteiger partial charge in [-0.05, 0) is 6.07 Å². The molecule has 6 heteroatoms. The Bertz CT molecular complexity index is 496. The van der Waals surface area contributed by atoms with Crippen LogP contribution in [-0.4, -0.2) is 26.5 Å². The predicted molar refractivity (Wildman–Crippen MR) is 57.4 cm³/mol. The van der Waals surface area contributed by atoms with Crippen LogP contribution in [0.4, 0.5) is 0 Å². The van der Waals surface area contributed by atoms with Gasteiger partial charge in [0.05, 0.1) is 11.9 Å². The number of hydrogen-bond donors (Lipinski definition) is 0. The van der Waals surface area contributed by atoms with E-state index in [2.05, 4.69) is 15.0 Å². The molecular weight excluding hydrogens is 226 g/mol. The van der Waals surface area contributed by atoms with Gasteiger partial charge in [-0.1, -0.05) is 0 Å². The number of thiazole rings is 1. The van der Waals surface area contributed by atoms with Crippen molar-refractivity contribution in [3.8, 4) is 0 Å². The summed E-state index contributed by atoms with van der Waals surface area (Å²) in [6.07, 6.45) is 2.69. The van der Waals surface area contributed by atoms with E-state index in [-0.39, 0.29) is 18.0 Å². The molecule has 0 saturated carbocycles. The Kier molecular flexibility index (Phi) is 3.11. The lowest BCUT2D eigenvalue weighted by Crippen LogP contribution is -2.11. The highest BCUT2D eigenvalue weighted by Crippen LogP contribution is 2.06. The van der Waals surface area contributed by atoms with Gasteiger partial charge < -0.3 is 0 Å². The molecule has 0 saturated heterocycles. The van der Waals surface area contributed by atoms with Crippen LogP contribution in [0.2, 0.25) is 0 Å². The molecule has 2 rings (SSSR count). The van der Waals surface area contributed by atoms with Crippen molar-refractivity contribution in [3.05, 3.63) is 40.9 Å². The molecule has 5 nitrogen and oxygen atoms in total. The molecule has 0 N–H and O–H groups in total. The van der Waals surface area contributed by atoms with Gasteiger partial charge in [-0.25, -0.2) is 15.0 Å². The first-order chi connectivity index (χ1) is 7.77. The third-order valence-corrected chi connectivity index (χ3v) is 2.44. The molecule has 0 spiro atoms. The Balaban J connectivity index is 2.06. The van der Waals surface area contributed by atoms with Crippen LogP contribution in [0, 0.1) is 0 Å². The molecular formula is C10H7N3O2S. The summed E-state index contributed by atoms with van der Waals surface area (Å²) in [6, 6.07) is 1.61. The molecule has 0 fully saturated rings. The van der Waals surface area contributed by atoms with Gasteiger partial charge >= 0.3 is 0 Å². The number of hydrogen-bond acceptors (Lipinski definition) is 6. The second-order valence-corrected chi connectivity index (χ2v) is 3.69. The van der Waals surface area contributed by atoms with Crippen LogP contribution in [0.5, 0.6) is 0 Å². The van der Waals surface area contributed by atoms with Crippen molar-refractivity contribution in [2.24, 2.45) is 0 Å². The lowest BCUT2D eigenvalue weighted by Gasteiger charge is -1.96. The van der Waals surface area contributed by atoms with Gasteiger partial charge in [-0.3, -0.25) is 9.59 Å². The summed E-state index contributed by atoms with van der Waals surface area (Å²) in [6.45, 7) is 0. The zero-order valence-corrected chi connectivity index (χ0v) is 8.98. The van der Waals surface area contributed by atoms with Crippen molar-refractivity contribution >= 4 is 22.9 Å². The van der Waals surface area contributed by atoms with Gasteiger partial charge in [0.25, 0.3) is 0 Å². The summed E-state index contributed by atoms with van der Waals surface area (Å²) in [5.74, 6) is -0.636. The minimum absolute atomic E-state index is 0.0612. The lowest BCUT2D eigenvalue weighted by atomic mass is 10.1. The second kappa shape index (κ2) is 4.71. The number of carbonyl (C=O) groups is 2. The van der Waals surface area contributed by atoms with Crippen LogP contribution >= 0.6 is 11.3 Å². The van der Waals surface area contributed by atoms with Crippen molar-refractivity contribution in [3.63, 3.8) is 0 Å². The van der Waals surface area contributed by atoms with Gasteiger partial charge in [0.2, 0.25) is 5.78 Å². The third-order valence-electron chi connectivity index (χ3n) is 1.85. The van der Waals surface area contributed by atoms with Gasteiger partial charge in [-0.15, -0.1) is 11.3 Å². The van der Waals surface area contributed by atoms with Gasteiger partial charge in [0.15, 0.2) is 11.6 Å². The lowest BCUT2D eigenvalue weighted by molar-refractivity contribution is 0.0886. The van der Waals surface area contributed by atoms with E-state index in [9.17, 15) is 9.59 Å². The first kappa shape index (κ1) is 10.6. The van der Waals surface area contributed by atoms with Crippen molar-refractivity contribution in [1.82, 2.24) is 15.0 Å². The maximum Gasteiger partial charge on any atom is 0.207 e. The van der Waals surface area contributed by atoms with E-state index in [1.807, 2.05) is 0 Å². The molecule has 0 unspecified atom stereocenters. The molecule has 0 amide bonds. The molecule has 2 aromatic rings. The Morgan fingerprint density at radius 2 is 1.88 bits per heavy atom. The number of rotatable bonds is 4. The molecule has 0 radical (unpaired) electrons. The topological polar surface area (TPSA) is 72.8 Å². The van der Waals surface area contributed by atoms with Crippen molar-refractivity contribution < 1.29 is 9.59 Å². The van der Waals surface area contributed by atoms with Gasteiger partial charge in [0.1, 0.15) is 5.69 Å². The fraction of sp³-hybridized carbons (Fsp3) is 0.100. The number of aromatic nitrogens is 3. The predicted octanol–water partition coefficient (Wildman–Crippen LogP) is 1.39. The highest BCUT2D eigenvalue weighted by Gasteiger charge is 2.16. The van der Waals surface area contributed by atoms with E-state index >= 15 is 0 Å². The molecule has 0 atom stereocenters. The fourth-order valence-corrected chi connectivity index (χ4v) is 1.67. The zero-order chi connectivity index (χ0) is 11.4. The van der Waals surface area contributed by atoms with Crippen molar-refractivity contribution in [2.45, 2.75) is 6.42 Å². The normalized spacial score (nSPS) is 10.0. The molecule has 16 heavy (non-hydrogen) atoms. The quantitative estimate of drug-likeness (QED) is 0.589. The summed E-state index contributed by atoms with van der Waals surface area (Å²) in [5, 5.41) is 1.61. The van der Waals surface area contributed by atoms with Crippen LogP contribution in [0.1, 0.15) is 27.5 Å². The number of ketones is 2. The minimum Gasteiger partial charge on any atom is -0.292 e. The minimum atomic E-state index is -0.390. The average molecular weight is 233 g/mol. The molecule has 0 aromatic carbocycles. The Labute approximate surface area is 95.2 Å². The van der Waals surface area contributed by atoms with E-state index in [0.717, 1.165) is 0 Å². The SMILES string of the molecule is O=C(CC(=O)c1ncccn1)c1cscn1. The Morgan fingerprint density at radius 3 is 2.50 bits per heavy atom. The highest BCUT2D eigenvalue weighted by atomic mass is 32.1. The van der Waals surface area contributed by atoms with Gasteiger partial charge in [0, 0.05) is 17.8 Å². The van der Waals surface area contributed by atoms with E-state index in [1.54, 1.807) is 17.0 Å². The summed E-state index contributed by atoms with van der Waals surface area (Å²) < 4.78 is 0. The molecule has 80 valence electrons. The van der Waals surface area contributed by atoms with Crippen molar-refractivity contribution in [1.29, 1.82) is 0 Å². The monoisotopic (exact) mass is 233 g/mol. The summed E-state index contributed by atoms with van der Waals surface area (Å²) >= 11 is 1.32. The molecule has 0 aliphatic heterocycles. The van der Waals surface area contributed by atoms with Crippen LogP contribution in [0.25, 0.3) is 0 Å². The third kappa shape index (κ3) is 2.34. The summed E-state index contributed by atoms with van der Waals surface area (Å²) in [5.41, 5.74) is 1.87. The number of nitrogens with zero attached hydrogens (tertiary/aromatic N) is 3. The molecule has 2 heterocycles. The maximum absolute atomic E-state index is 11.6. The highest BCUT2D eigenvalue weighted by molar-refractivity contribution is 7.07. The summed E-state index contributed by atoms with van der Waals surface area (Å²) in [4.78, 5) is 34.5. The van der Waals surface area contributed by atoms with Crippen LogP contribution in [-0.2, 0) is 0 Å². The molecule has 0 aliphatic rings. The zero-order valence-electron chi connectivity index (χ0n) is 8.16. The van der Waals surface area contributed by atoms with E-state index in [0.29, 0.717) is 5.69 Å². The second-order valence-electron chi connectivity index (χ2n) is 2.97. The number of Topliss-reactive ketones (excluding diaryl/α,β-unsaturated/α-hetero) is 2. The maximum atomic E-state index is 11.6. The largest absolute Gasteiger partial charge is 0.292 e. The van der Waals surface area contributed by atoms with E-state index < -0.39 is 5.78 Å². The summed E-state index contributed by atoms with van der Waals surface area (Å²) in [7, 11) is 0. The van der Waals surface area contributed by atoms with Crippen LogP contribution in [0.3, 0.4) is 0 Å². The van der Waals surface area contributed by atoms with Crippen LogP contribution in [0.15, 0.2) is 29.4 Å². The molecule has 0 aliphatic carbocycles. The Hall–Kier alpha value is -1.95. The van der Waals surface area contributed by atoms with Crippen LogP contribution < -0.4 is 0 Å². The Morgan fingerprint density at radius 1 is 1.12 bits per heavy atom. The first-order valence-corrected chi connectivity index (χ1v) is 5.43. The molecule has 0 bridgehead atoms. The standard InChI is InChI=1S/C10H7N3O2S/c14-8(7-5-16-6-13-7)4-9(15)10-11-2-1-3-12-10/h1-3,5-6H,4H2. The number of carbonyl (C=O) groups excluding carboxylic acids is 2. The van der Waals surface area contributed by atoms with E-state index in [4.69, 9.17) is 0 Å². The average Bonchev–Trinajstić information content (AvgIpc) is 2.83. The van der Waals surface area contributed by atoms with E-state index in [1.165, 1.54) is 23.7 Å². The van der Waals surface area contributed by atoms with Crippen molar-refractivity contribution in [2.75, 3.05) is 0 Å².